The number of hydrogen-bond donors (Lipinski definition) is 1. The van der Waals surface area contributed by atoms with Crippen molar-refractivity contribution in [2.24, 2.45) is 0 Å². The Morgan fingerprint density at radius 1 is 1.19 bits per heavy atom. The second kappa shape index (κ2) is 5.03. The molecule has 0 aromatic heterocycles. The van der Waals surface area contributed by atoms with Crippen LogP contribution in [0.2, 0.25) is 0 Å². The first-order chi connectivity index (χ1) is 7.61. The molecule has 3 heteroatoms. The summed E-state index contributed by atoms with van der Waals surface area (Å²) in [6.07, 6.45) is 5.69. The minimum Gasteiger partial charge on any atom is -0.391 e. The van der Waals surface area contributed by atoms with Crippen LogP contribution in [0.3, 0.4) is 0 Å². The van der Waals surface area contributed by atoms with Crippen LogP contribution in [-0.2, 0) is 4.74 Å². The van der Waals surface area contributed by atoms with Crippen molar-refractivity contribution in [3.8, 4) is 0 Å². The highest BCUT2D eigenvalue weighted by molar-refractivity contribution is 4.92. The minimum atomic E-state index is -0.139. The molecule has 94 valence electrons. The fourth-order valence-electron chi connectivity index (χ4n) is 3.12. The molecule has 2 fully saturated rings. The van der Waals surface area contributed by atoms with Crippen LogP contribution in [0.25, 0.3) is 0 Å². The molecule has 0 amide bonds. The Kier molecular flexibility index (Phi) is 3.88. The van der Waals surface area contributed by atoms with Gasteiger partial charge in [0, 0.05) is 18.1 Å². The summed E-state index contributed by atoms with van der Waals surface area (Å²) in [7, 11) is 0. The van der Waals surface area contributed by atoms with Gasteiger partial charge in [-0.15, -0.1) is 0 Å². The molecule has 3 nitrogen and oxygen atoms in total. The van der Waals surface area contributed by atoms with Gasteiger partial charge in [0.05, 0.1) is 19.3 Å². The van der Waals surface area contributed by atoms with Gasteiger partial charge in [0.25, 0.3) is 0 Å². The number of morpholine rings is 1. The molecule has 16 heavy (non-hydrogen) atoms. The predicted molar refractivity (Wildman–Crippen MR) is 64.5 cm³/mol. The number of ether oxygens (including phenoxy) is 1. The number of hydrogen-bond acceptors (Lipinski definition) is 3. The van der Waals surface area contributed by atoms with Gasteiger partial charge in [-0.2, -0.15) is 0 Å². The second-order valence-electron chi connectivity index (χ2n) is 5.83. The van der Waals surface area contributed by atoms with E-state index in [9.17, 15) is 5.11 Å². The molecule has 0 radical (unpaired) electrons. The predicted octanol–water partition coefficient (Wildman–Crippen LogP) is 1.79. The van der Waals surface area contributed by atoms with Gasteiger partial charge >= 0.3 is 0 Å². The lowest BCUT2D eigenvalue weighted by Gasteiger charge is -2.47. The summed E-state index contributed by atoms with van der Waals surface area (Å²) in [5.74, 6) is 0. The molecule has 2 atom stereocenters. The van der Waals surface area contributed by atoms with Crippen molar-refractivity contribution in [3.05, 3.63) is 0 Å². The summed E-state index contributed by atoms with van der Waals surface area (Å²) in [5, 5.41) is 10.3. The third kappa shape index (κ3) is 2.58. The van der Waals surface area contributed by atoms with Crippen molar-refractivity contribution in [1.82, 2.24) is 4.90 Å². The lowest BCUT2D eigenvalue weighted by molar-refractivity contribution is -0.0974. The van der Waals surface area contributed by atoms with Gasteiger partial charge in [-0.05, 0) is 26.7 Å². The summed E-state index contributed by atoms with van der Waals surface area (Å²) in [6, 6.07) is 0.349. The highest BCUT2D eigenvalue weighted by atomic mass is 16.5. The maximum Gasteiger partial charge on any atom is 0.0695 e. The van der Waals surface area contributed by atoms with E-state index in [1.807, 2.05) is 0 Å². The summed E-state index contributed by atoms with van der Waals surface area (Å²) in [4.78, 5) is 2.48. The van der Waals surface area contributed by atoms with E-state index in [1.165, 1.54) is 19.3 Å². The number of aliphatic hydroxyl groups excluding tert-OH is 1. The third-order valence-corrected chi connectivity index (χ3v) is 4.05. The van der Waals surface area contributed by atoms with Gasteiger partial charge in [-0.1, -0.05) is 19.3 Å². The molecule has 0 aromatic carbocycles. The Morgan fingerprint density at radius 2 is 1.94 bits per heavy atom. The van der Waals surface area contributed by atoms with Crippen LogP contribution in [0.15, 0.2) is 0 Å². The van der Waals surface area contributed by atoms with E-state index in [0.717, 1.165) is 32.6 Å². The summed E-state index contributed by atoms with van der Waals surface area (Å²) in [5.41, 5.74) is 0.0776. The van der Waals surface area contributed by atoms with Crippen molar-refractivity contribution in [2.75, 3.05) is 19.8 Å². The second-order valence-corrected chi connectivity index (χ2v) is 5.83. The maximum atomic E-state index is 10.3. The molecule has 2 aliphatic rings. The Morgan fingerprint density at radius 3 is 2.69 bits per heavy atom. The average Bonchev–Trinajstić information content (AvgIpc) is 2.43. The number of aliphatic hydroxyl groups is 1. The molecule has 1 aliphatic heterocycles. The van der Waals surface area contributed by atoms with Crippen LogP contribution in [-0.4, -0.2) is 47.4 Å². The van der Waals surface area contributed by atoms with Crippen LogP contribution in [0.5, 0.6) is 0 Å². The van der Waals surface area contributed by atoms with E-state index in [4.69, 9.17) is 4.74 Å². The first kappa shape index (κ1) is 12.3. The van der Waals surface area contributed by atoms with Crippen LogP contribution in [0.1, 0.15) is 46.0 Å². The molecule has 2 unspecified atom stereocenters. The maximum absolute atomic E-state index is 10.3. The molecule has 1 saturated heterocycles. The van der Waals surface area contributed by atoms with Crippen molar-refractivity contribution in [2.45, 2.75) is 63.6 Å². The zero-order valence-electron chi connectivity index (χ0n) is 10.6. The highest BCUT2D eigenvalue weighted by Gasteiger charge is 2.38. The van der Waals surface area contributed by atoms with Gasteiger partial charge in [0.1, 0.15) is 0 Å². The molecular weight excluding hydrogens is 202 g/mol. The molecule has 2 rings (SSSR count). The zero-order chi connectivity index (χ0) is 11.6. The molecule has 0 spiro atoms. The Balaban J connectivity index is 2.07. The minimum absolute atomic E-state index is 0.0776. The van der Waals surface area contributed by atoms with Gasteiger partial charge < -0.3 is 9.84 Å². The Labute approximate surface area is 98.8 Å². The van der Waals surface area contributed by atoms with Crippen molar-refractivity contribution in [1.29, 1.82) is 0 Å². The highest BCUT2D eigenvalue weighted by Crippen LogP contribution is 2.29. The summed E-state index contributed by atoms with van der Waals surface area (Å²) < 4.78 is 5.55. The van der Waals surface area contributed by atoms with E-state index in [0.29, 0.717) is 6.04 Å². The molecule has 1 heterocycles. The van der Waals surface area contributed by atoms with Gasteiger partial charge in [0.2, 0.25) is 0 Å². The first-order valence-electron chi connectivity index (χ1n) is 6.64. The van der Waals surface area contributed by atoms with Gasteiger partial charge in [-0.3, -0.25) is 4.90 Å². The largest absolute Gasteiger partial charge is 0.391 e. The van der Waals surface area contributed by atoms with Crippen molar-refractivity contribution in [3.63, 3.8) is 0 Å². The standard InChI is InChI=1S/C13H25NO2/c1-13(2)10-16-9-8-14(13)11-6-4-3-5-7-12(11)15/h11-12,15H,3-10H2,1-2H3. The quantitative estimate of drug-likeness (QED) is 0.693. The molecule has 1 saturated carbocycles. The Bertz CT molecular complexity index is 230. The van der Waals surface area contributed by atoms with Crippen molar-refractivity contribution < 1.29 is 9.84 Å². The molecule has 1 aliphatic carbocycles. The van der Waals surface area contributed by atoms with Crippen LogP contribution in [0, 0.1) is 0 Å². The van der Waals surface area contributed by atoms with Crippen LogP contribution < -0.4 is 0 Å². The van der Waals surface area contributed by atoms with Crippen LogP contribution >= 0.6 is 0 Å². The third-order valence-electron chi connectivity index (χ3n) is 4.05. The fraction of sp³-hybridized carbons (Fsp3) is 1.00. The summed E-state index contributed by atoms with van der Waals surface area (Å²) in [6.45, 7) is 7.02. The molecule has 1 N–H and O–H groups in total. The van der Waals surface area contributed by atoms with E-state index in [2.05, 4.69) is 18.7 Å². The normalized spacial score (nSPS) is 36.9. The number of nitrogens with zero attached hydrogens (tertiary/aromatic N) is 1. The Hall–Kier alpha value is -0.120. The molecule has 0 aromatic rings. The zero-order valence-corrected chi connectivity index (χ0v) is 10.6. The van der Waals surface area contributed by atoms with E-state index >= 15 is 0 Å². The average molecular weight is 227 g/mol. The topological polar surface area (TPSA) is 32.7 Å². The van der Waals surface area contributed by atoms with Crippen molar-refractivity contribution >= 4 is 0 Å². The van der Waals surface area contributed by atoms with E-state index in [1.54, 1.807) is 0 Å². The first-order valence-corrected chi connectivity index (χ1v) is 6.64. The smallest absolute Gasteiger partial charge is 0.0695 e. The number of rotatable bonds is 1. The molecule has 0 bridgehead atoms. The van der Waals surface area contributed by atoms with Crippen LogP contribution in [0.4, 0.5) is 0 Å². The lowest BCUT2D eigenvalue weighted by Crippen LogP contribution is -2.59. The van der Waals surface area contributed by atoms with E-state index < -0.39 is 0 Å². The summed E-state index contributed by atoms with van der Waals surface area (Å²) >= 11 is 0. The molecular formula is C13H25NO2. The van der Waals surface area contributed by atoms with E-state index in [-0.39, 0.29) is 11.6 Å². The SMILES string of the molecule is CC1(C)COCCN1C1CCCCCC1O. The van der Waals surface area contributed by atoms with Gasteiger partial charge in [0.15, 0.2) is 0 Å². The monoisotopic (exact) mass is 227 g/mol. The lowest BCUT2D eigenvalue weighted by atomic mass is 9.94. The fourth-order valence-corrected chi connectivity index (χ4v) is 3.12. The van der Waals surface area contributed by atoms with Gasteiger partial charge in [-0.25, -0.2) is 0 Å².